The van der Waals surface area contributed by atoms with Crippen LogP contribution in [0.25, 0.3) is 0 Å². The maximum absolute atomic E-state index is 4.88. The molecule has 5 heteroatoms. The van der Waals surface area contributed by atoms with Crippen molar-refractivity contribution in [3.8, 4) is 0 Å². The van der Waals surface area contributed by atoms with E-state index in [9.17, 15) is 0 Å². The number of piperidine rings is 1. The second kappa shape index (κ2) is 11.5. The Morgan fingerprint density at radius 2 is 1.77 bits per heavy atom. The van der Waals surface area contributed by atoms with E-state index in [1.165, 1.54) is 57.9 Å². The highest BCUT2D eigenvalue weighted by Gasteiger charge is 2.21. The van der Waals surface area contributed by atoms with Crippen molar-refractivity contribution >= 4 is 29.9 Å². The predicted molar refractivity (Wildman–Crippen MR) is 106 cm³/mol. The Hall–Kier alpha value is -0.0400. The molecule has 1 saturated heterocycles. The van der Waals surface area contributed by atoms with E-state index in [1.54, 1.807) is 0 Å². The molecule has 130 valence electrons. The molecule has 0 amide bonds. The van der Waals surface area contributed by atoms with Gasteiger partial charge in [0.1, 0.15) is 0 Å². The van der Waals surface area contributed by atoms with Crippen LogP contribution in [0, 0.1) is 0 Å². The summed E-state index contributed by atoms with van der Waals surface area (Å²) in [5.41, 5.74) is 0. The minimum absolute atomic E-state index is 0. The summed E-state index contributed by atoms with van der Waals surface area (Å²) < 4.78 is 0. The van der Waals surface area contributed by atoms with Gasteiger partial charge in [0.25, 0.3) is 0 Å². The van der Waals surface area contributed by atoms with E-state index >= 15 is 0 Å². The fourth-order valence-electron chi connectivity index (χ4n) is 3.64. The van der Waals surface area contributed by atoms with Gasteiger partial charge in [0.15, 0.2) is 5.96 Å². The summed E-state index contributed by atoms with van der Waals surface area (Å²) in [6.45, 7) is 8.72. The number of guanidine groups is 1. The van der Waals surface area contributed by atoms with E-state index < -0.39 is 0 Å². The Morgan fingerprint density at radius 1 is 1.05 bits per heavy atom. The van der Waals surface area contributed by atoms with E-state index in [-0.39, 0.29) is 24.0 Å². The molecule has 1 aliphatic carbocycles. The summed E-state index contributed by atoms with van der Waals surface area (Å²) in [6, 6.07) is 1.27. The Kier molecular flexibility index (Phi) is 10.4. The van der Waals surface area contributed by atoms with Crippen molar-refractivity contribution in [3.63, 3.8) is 0 Å². The molecule has 1 atom stereocenters. The minimum Gasteiger partial charge on any atom is -0.357 e. The Balaban J connectivity index is 0.00000242. The average Bonchev–Trinajstić information content (AvgIpc) is 2.54. The van der Waals surface area contributed by atoms with Crippen molar-refractivity contribution in [2.45, 2.75) is 77.3 Å². The maximum Gasteiger partial charge on any atom is 0.191 e. The zero-order valence-electron chi connectivity index (χ0n) is 14.4. The topological polar surface area (TPSA) is 39.7 Å². The first kappa shape index (κ1) is 20.0. The van der Waals surface area contributed by atoms with Crippen molar-refractivity contribution < 1.29 is 0 Å². The molecule has 0 bridgehead atoms. The number of aliphatic imine (C=N–C) groups is 1. The summed E-state index contributed by atoms with van der Waals surface area (Å²) in [4.78, 5) is 7.48. The maximum atomic E-state index is 4.88. The molecule has 0 aromatic heterocycles. The summed E-state index contributed by atoms with van der Waals surface area (Å²) >= 11 is 0. The SMILES string of the molecule is CCNC(=NCC1CCCCN1CC)NC1CCCCC1.I. The molecule has 4 nitrogen and oxygen atoms in total. The van der Waals surface area contributed by atoms with Gasteiger partial charge in [-0.2, -0.15) is 0 Å². The molecule has 22 heavy (non-hydrogen) atoms. The Labute approximate surface area is 153 Å². The second-order valence-corrected chi connectivity index (χ2v) is 6.48. The zero-order valence-corrected chi connectivity index (χ0v) is 16.8. The van der Waals surface area contributed by atoms with E-state index in [2.05, 4.69) is 29.4 Å². The molecule has 2 N–H and O–H groups in total. The molecule has 1 unspecified atom stereocenters. The predicted octanol–water partition coefficient (Wildman–Crippen LogP) is 3.37. The highest BCUT2D eigenvalue weighted by atomic mass is 127. The molecular weight excluding hydrogens is 387 g/mol. The van der Waals surface area contributed by atoms with Crippen LogP contribution in [0.1, 0.15) is 65.2 Å². The number of hydrogen-bond acceptors (Lipinski definition) is 2. The molecule has 0 aromatic rings. The van der Waals surface area contributed by atoms with Gasteiger partial charge in [-0.25, -0.2) is 0 Å². The van der Waals surface area contributed by atoms with Gasteiger partial charge in [0, 0.05) is 18.6 Å². The van der Waals surface area contributed by atoms with E-state index in [1.807, 2.05) is 0 Å². The lowest BCUT2D eigenvalue weighted by molar-refractivity contribution is 0.161. The molecule has 2 rings (SSSR count). The second-order valence-electron chi connectivity index (χ2n) is 6.48. The Morgan fingerprint density at radius 3 is 2.45 bits per heavy atom. The van der Waals surface area contributed by atoms with Crippen molar-refractivity contribution in [1.82, 2.24) is 15.5 Å². The third-order valence-corrected chi connectivity index (χ3v) is 4.91. The Bertz CT molecular complexity index is 316. The number of halogens is 1. The van der Waals surface area contributed by atoms with Gasteiger partial charge in [0.05, 0.1) is 6.54 Å². The highest BCUT2D eigenvalue weighted by Crippen LogP contribution is 2.18. The first-order valence-corrected chi connectivity index (χ1v) is 9.12. The monoisotopic (exact) mass is 422 g/mol. The van der Waals surface area contributed by atoms with Crippen LogP contribution in [0.15, 0.2) is 4.99 Å². The van der Waals surface area contributed by atoms with Crippen LogP contribution in [0.5, 0.6) is 0 Å². The third kappa shape index (κ3) is 6.60. The number of rotatable bonds is 5. The molecule has 0 aromatic carbocycles. The highest BCUT2D eigenvalue weighted by molar-refractivity contribution is 14.0. The number of likely N-dealkylation sites (N-methyl/N-ethyl adjacent to an activating group) is 1. The summed E-state index contributed by atoms with van der Waals surface area (Å²) in [5.74, 6) is 1.03. The molecular formula is C17H35IN4. The largest absolute Gasteiger partial charge is 0.357 e. The van der Waals surface area contributed by atoms with Gasteiger partial charge in [-0.1, -0.05) is 32.6 Å². The summed E-state index contributed by atoms with van der Waals surface area (Å²) in [7, 11) is 0. The number of hydrogen-bond donors (Lipinski definition) is 2. The van der Waals surface area contributed by atoms with Gasteiger partial charge in [0.2, 0.25) is 0 Å². The van der Waals surface area contributed by atoms with E-state index in [0.29, 0.717) is 12.1 Å². The first-order chi connectivity index (χ1) is 10.3. The molecule has 0 radical (unpaired) electrons. The van der Waals surface area contributed by atoms with Crippen molar-refractivity contribution in [3.05, 3.63) is 0 Å². The summed E-state index contributed by atoms with van der Waals surface area (Å²) in [5, 5.41) is 7.07. The van der Waals surface area contributed by atoms with Crippen molar-refractivity contribution in [2.75, 3.05) is 26.2 Å². The van der Waals surface area contributed by atoms with E-state index in [0.717, 1.165) is 25.6 Å². The third-order valence-electron chi connectivity index (χ3n) is 4.91. The smallest absolute Gasteiger partial charge is 0.191 e. The normalized spacial score (nSPS) is 24.6. The fourth-order valence-corrected chi connectivity index (χ4v) is 3.64. The van der Waals surface area contributed by atoms with Crippen LogP contribution in [0.3, 0.4) is 0 Å². The van der Waals surface area contributed by atoms with Crippen LogP contribution < -0.4 is 10.6 Å². The van der Waals surface area contributed by atoms with Crippen molar-refractivity contribution in [1.29, 1.82) is 0 Å². The fraction of sp³-hybridized carbons (Fsp3) is 0.941. The quantitative estimate of drug-likeness (QED) is 0.406. The van der Waals surface area contributed by atoms with Gasteiger partial charge < -0.3 is 10.6 Å². The van der Waals surface area contributed by atoms with Gasteiger partial charge >= 0.3 is 0 Å². The van der Waals surface area contributed by atoms with Crippen LogP contribution in [-0.4, -0.2) is 49.1 Å². The molecule has 2 aliphatic rings. The standard InChI is InChI=1S/C17H34N4.HI/c1-3-18-17(20-15-10-6-5-7-11-15)19-14-16-12-8-9-13-21(16)4-2;/h15-16H,3-14H2,1-2H3,(H2,18,19,20);1H. The van der Waals surface area contributed by atoms with E-state index in [4.69, 9.17) is 4.99 Å². The summed E-state index contributed by atoms with van der Waals surface area (Å²) in [6.07, 6.45) is 10.8. The minimum atomic E-state index is 0. The molecule has 1 heterocycles. The van der Waals surface area contributed by atoms with Gasteiger partial charge in [-0.15, -0.1) is 24.0 Å². The zero-order chi connectivity index (χ0) is 14.9. The molecule has 2 fully saturated rings. The molecule has 1 aliphatic heterocycles. The first-order valence-electron chi connectivity index (χ1n) is 9.12. The number of nitrogens with one attached hydrogen (secondary N) is 2. The molecule has 0 spiro atoms. The lowest BCUT2D eigenvalue weighted by Gasteiger charge is -2.34. The average molecular weight is 422 g/mol. The lowest BCUT2D eigenvalue weighted by atomic mass is 9.96. The van der Waals surface area contributed by atoms with Crippen LogP contribution in [0.4, 0.5) is 0 Å². The lowest BCUT2D eigenvalue weighted by Crippen LogP contribution is -2.46. The number of nitrogens with zero attached hydrogens (tertiary/aromatic N) is 2. The van der Waals surface area contributed by atoms with Gasteiger partial charge in [-0.3, -0.25) is 9.89 Å². The van der Waals surface area contributed by atoms with Crippen LogP contribution >= 0.6 is 24.0 Å². The van der Waals surface area contributed by atoms with Gasteiger partial charge in [-0.05, 0) is 45.7 Å². The van der Waals surface area contributed by atoms with Crippen LogP contribution in [0.2, 0.25) is 0 Å². The molecule has 1 saturated carbocycles. The van der Waals surface area contributed by atoms with Crippen molar-refractivity contribution in [2.24, 2.45) is 4.99 Å². The van der Waals surface area contributed by atoms with Crippen LogP contribution in [-0.2, 0) is 0 Å². The number of likely N-dealkylation sites (tertiary alicyclic amines) is 1.